The summed E-state index contributed by atoms with van der Waals surface area (Å²) in [5.41, 5.74) is 8.56. The van der Waals surface area contributed by atoms with E-state index in [4.69, 9.17) is 10.5 Å². The Balaban J connectivity index is 1.73. The molecule has 0 aliphatic heterocycles. The molecule has 1 aromatic heterocycles. The predicted molar refractivity (Wildman–Crippen MR) is 67.0 cm³/mol. The van der Waals surface area contributed by atoms with Gasteiger partial charge in [0.1, 0.15) is 18.7 Å². The Morgan fingerprint density at radius 1 is 1.50 bits per heavy atom. The molecule has 1 heterocycles. The first-order valence-corrected chi connectivity index (χ1v) is 6.08. The van der Waals surface area contributed by atoms with Crippen LogP contribution in [0.5, 0.6) is 5.75 Å². The standard InChI is InChI=1S/C13H16N4O/c1-17-13(15-8-16-17)7-18-10-3-4-11-9(6-10)2-5-12(11)14/h3-4,6,8,12H,2,5,7,14H2,1H3/t12-/m1/s1. The van der Waals surface area contributed by atoms with E-state index in [9.17, 15) is 0 Å². The highest BCUT2D eigenvalue weighted by atomic mass is 16.5. The number of nitrogens with two attached hydrogens (primary N) is 1. The van der Waals surface area contributed by atoms with E-state index in [2.05, 4.69) is 22.2 Å². The molecule has 5 heteroatoms. The molecule has 0 amide bonds. The van der Waals surface area contributed by atoms with Crippen molar-refractivity contribution in [2.45, 2.75) is 25.5 Å². The lowest BCUT2D eigenvalue weighted by Gasteiger charge is -2.09. The summed E-state index contributed by atoms with van der Waals surface area (Å²) in [5.74, 6) is 1.68. The molecule has 1 atom stereocenters. The molecule has 2 N–H and O–H groups in total. The summed E-state index contributed by atoms with van der Waals surface area (Å²) in [4.78, 5) is 4.12. The summed E-state index contributed by atoms with van der Waals surface area (Å²) < 4.78 is 7.44. The number of nitrogens with zero attached hydrogens (tertiary/aromatic N) is 3. The van der Waals surface area contributed by atoms with Gasteiger partial charge < -0.3 is 10.5 Å². The van der Waals surface area contributed by atoms with Crippen LogP contribution in [-0.2, 0) is 20.1 Å². The molecule has 5 nitrogen and oxygen atoms in total. The third-order valence-electron chi connectivity index (χ3n) is 3.41. The Bertz CT molecular complexity index is 564. The highest BCUT2D eigenvalue weighted by molar-refractivity contribution is 5.40. The van der Waals surface area contributed by atoms with E-state index >= 15 is 0 Å². The number of rotatable bonds is 3. The van der Waals surface area contributed by atoms with Crippen LogP contribution in [0.1, 0.15) is 29.4 Å². The lowest BCUT2D eigenvalue weighted by molar-refractivity contribution is 0.289. The van der Waals surface area contributed by atoms with Crippen molar-refractivity contribution >= 4 is 0 Å². The zero-order valence-corrected chi connectivity index (χ0v) is 10.3. The van der Waals surface area contributed by atoms with E-state index in [0.29, 0.717) is 6.61 Å². The van der Waals surface area contributed by atoms with Gasteiger partial charge in [0.25, 0.3) is 0 Å². The molecule has 0 radical (unpaired) electrons. The second-order valence-corrected chi connectivity index (χ2v) is 4.59. The number of benzene rings is 1. The molecule has 18 heavy (non-hydrogen) atoms. The third kappa shape index (κ3) is 1.97. The van der Waals surface area contributed by atoms with Crippen molar-refractivity contribution in [3.63, 3.8) is 0 Å². The maximum Gasteiger partial charge on any atom is 0.164 e. The molecule has 0 saturated heterocycles. The van der Waals surface area contributed by atoms with E-state index in [1.54, 1.807) is 4.68 Å². The van der Waals surface area contributed by atoms with Crippen molar-refractivity contribution in [1.29, 1.82) is 0 Å². The fraction of sp³-hybridized carbons (Fsp3) is 0.385. The van der Waals surface area contributed by atoms with Crippen molar-refractivity contribution < 1.29 is 4.74 Å². The molecule has 0 saturated carbocycles. The summed E-state index contributed by atoms with van der Waals surface area (Å²) in [6.07, 6.45) is 3.60. The molecular weight excluding hydrogens is 228 g/mol. The molecule has 0 fully saturated rings. The Morgan fingerprint density at radius 3 is 3.17 bits per heavy atom. The zero-order chi connectivity index (χ0) is 12.5. The molecule has 0 spiro atoms. The van der Waals surface area contributed by atoms with E-state index in [1.807, 2.05) is 13.1 Å². The predicted octanol–water partition coefficient (Wildman–Crippen LogP) is 1.34. The van der Waals surface area contributed by atoms with Gasteiger partial charge in [-0.05, 0) is 36.1 Å². The SMILES string of the molecule is Cn1ncnc1COc1ccc2c(c1)CC[C@H]2N. The van der Waals surface area contributed by atoms with Gasteiger partial charge in [0.05, 0.1) is 0 Å². The maximum atomic E-state index is 6.00. The lowest BCUT2D eigenvalue weighted by atomic mass is 10.1. The summed E-state index contributed by atoms with van der Waals surface area (Å²) in [5, 5.41) is 4.01. The molecule has 94 valence electrons. The summed E-state index contributed by atoms with van der Waals surface area (Å²) in [6, 6.07) is 6.31. The number of aryl methyl sites for hydroxylation is 2. The van der Waals surface area contributed by atoms with Crippen LogP contribution < -0.4 is 10.5 Å². The number of aromatic nitrogens is 3. The van der Waals surface area contributed by atoms with Crippen molar-refractivity contribution in [3.05, 3.63) is 41.5 Å². The maximum absolute atomic E-state index is 6.00. The fourth-order valence-corrected chi connectivity index (χ4v) is 2.32. The molecular formula is C13H16N4O. The summed E-state index contributed by atoms with van der Waals surface area (Å²) >= 11 is 0. The number of hydrogen-bond acceptors (Lipinski definition) is 4. The van der Waals surface area contributed by atoms with Crippen LogP contribution >= 0.6 is 0 Å². The van der Waals surface area contributed by atoms with Gasteiger partial charge in [0.2, 0.25) is 0 Å². The number of fused-ring (bicyclic) bond motifs is 1. The van der Waals surface area contributed by atoms with Gasteiger partial charge in [-0.15, -0.1) is 0 Å². The van der Waals surface area contributed by atoms with Crippen molar-refractivity contribution in [3.8, 4) is 5.75 Å². The smallest absolute Gasteiger partial charge is 0.164 e. The Hall–Kier alpha value is -1.88. The molecule has 2 aromatic rings. The summed E-state index contributed by atoms with van der Waals surface area (Å²) in [6.45, 7) is 0.432. The minimum atomic E-state index is 0.188. The van der Waals surface area contributed by atoms with Crippen LogP contribution in [0.4, 0.5) is 0 Å². The Morgan fingerprint density at radius 2 is 2.39 bits per heavy atom. The molecule has 0 bridgehead atoms. The molecule has 3 rings (SSSR count). The van der Waals surface area contributed by atoms with E-state index in [-0.39, 0.29) is 6.04 Å². The summed E-state index contributed by atoms with van der Waals surface area (Å²) in [7, 11) is 1.85. The average molecular weight is 244 g/mol. The second kappa shape index (κ2) is 4.42. The van der Waals surface area contributed by atoms with Crippen molar-refractivity contribution in [2.24, 2.45) is 12.8 Å². The average Bonchev–Trinajstić information content (AvgIpc) is 2.94. The molecule has 1 aromatic carbocycles. The quantitative estimate of drug-likeness (QED) is 0.884. The highest BCUT2D eigenvalue weighted by Crippen LogP contribution is 2.31. The van der Waals surface area contributed by atoms with Crippen LogP contribution in [-0.4, -0.2) is 14.8 Å². The van der Waals surface area contributed by atoms with Crippen LogP contribution in [0, 0.1) is 0 Å². The first kappa shape index (κ1) is 11.2. The van der Waals surface area contributed by atoms with Crippen molar-refractivity contribution in [1.82, 2.24) is 14.8 Å². The number of hydrogen-bond donors (Lipinski definition) is 1. The van der Waals surface area contributed by atoms with E-state index in [0.717, 1.165) is 24.4 Å². The largest absolute Gasteiger partial charge is 0.486 e. The first-order valence-electron chi connectivity index (χ1n) is 6.08. The molecule has 1 aliphatic rings. The van der Waals surface area contributed by atoms with Gasteiger partial charge in [0.15, 0.2) is 5.82 Å². The second-order valence-electron chi connectivity index (χ2n) is 4.59. The van der Waals surface area contributed by atoms with Crippen LogP contribution in [0.15, 0.2) is 24.5 Å². The van der Waals surface area contributed by atoms with E-state index in [1.165, 1.54) is 17.5 Å². The Kier molecular flexibility index (Phi) is 2.76. The van der Waals surface area contributed by atoms with Crippen LogP contribution in [0.2, 0.25) is 0 Å². The topological polar surface area (TPSA) is 66.0 Å². The first-order chi connectivity index (χ1) is 8.74. The monoisotopic (exact) mass is 244 g/mol. The fourth-order valence-electron chi connectivity index (χ4n) is 2.32. The van der Waals surface area contributed by atoms with Gasteiger partial charge in [-0.2, -0.15) is 5.10 Å². The number of ether oxygens (including phenoxy) is 1. The molecule has 1 aliphatic carbocycles. The molecule has 0 unspecified atom stereocenters. The normalized spacial score (nSPS) is 17.8. The zero-order valence-electron chi connectivity index (χ0n) is 10.3. The van der Waals surface area contributed by atoms with Gasteiger partial charge in [-0.25, -0.2) is 4.98 Å². The van der Waals surface area contributed by atoms with Crippen LogP contribution in [0.3, 0.4) is 0 Å². The van der Waals surface area contributed by atoms with Crippen LogP contribution in [0.25, 0.3) is 0 Å². The third-order valence-corrected chi connectivity index (χ3v) is 3.41. The highest BCUT2D eigenvalue weighted by Gasteiger charge is 2.19. The van der Waals surface area contributed by atoms with Gasteiger partial charge in [-0.1, -0.05) is 6.07 Å². The minimum Gasteiger partial charge on any atom is -0.486 e. The minimum absolute atomic E-state index is 0.188. The Labute approximate surface area is 106 Å². The van der Waals surface area contributed by atoms with E-state index < -0.39 is 0 Å². The van der Waals surface area contributed by atoms with Gasteiger partial charge in [-0.3, -0.25) is 4.68 Å². The lowest BCUT2D eigenvalue weighted by Crippen LogP contribution is -2.06. The van der Waals surface area contributed by atoms with Gasteiger partial charge in [0, 0.05) is 13.1 Å². The van der Waals surface area contributed by atoms with Crippen molar-refractivity contribution in [2.75, 3.05) is 0 Å². The van der Waals surface area contributed by atoms with Gasteiger partial charge >= 0.3 is 0 Å².